The van der Waals surface area contributed by atoms with E-state index in [0.29, 0.717) is 6.04 Å². The molecule has 1 spiro atoms. The summed E-state index contributed by atoms with van der Waals surface area (Å²) in [6, 6.07) is 0.605. The number of hydrogen-bond donors (Lipinski definition) is 0. The van der Waals surface area contributed by atoms with E-state index >= 15 is 0 Å². The van der Waals surface area contributed by atoms with Gasteiger partial charge in [-0.15, -0.1) is 0 Å². The zero-order valence-electron chi connectivity index (χ0n) is 10.7. The molecule has 2 saturated carbocycles. The third kappa shape index (κ3) is 2.16. The summed E-state index contributed by atoms with van der Waals surface area (Å²) in [6.07, 6.45) is 12.2. The van der Waals surface area contributed by atoms with Crippen LogP contribution in [0.15, 0.2) is 0 Å². The fourth-order valence-electron chi connectivity index (χ4n) is 4.25. The maximum Gasteiger partial charge on any atom is 0.207 e. The molecule has 0 amide bonds. The first-order valence-electron chi connectivity index (χ1n) is 7.11. The lowest BCUT2D eigenvalue weighted by Gasteiger charge is -2.38. The van der Waals surface area contributed by atoms with Crippen molar-refractivity contribution in [3.8, 4) is 0 Å². The van der Waals surface area contributed by atoms with Gasteiger partial charge in [-0.25, -0.2) is 4.67 Å². The summed E-state index contributed by atoms with van der Waals surface area (Å²) >= 11 is 6.41. The van der Waals surface area contributed by atoms with E-state index < -0.39 is 7.65 Å². The lowest BCUT2D eigenvalue weighted by atomic mass is 9.76. The molecule has 2 nitrogen and oxygen atoms in total. The molecule has 0 aromatic rings. The molecule has 17 heavy (non-hydrogen) atoms. The van der Waals surface area contributed by atoms with Crippen LogP contribution >= 0.6 is 18.9 Å². The molecule has 3 rings (SSSR count). The summed E-state index contributed by atoms with van der Waals surface area (Å²) < 4.78 is 8.62. The molecule has 0 bridgehead atoms. The van der Waals surface area contributed by atoms with Gasteiger partial charge in [-0.3, -0.25) is 0 Å². The highest BCUT2D eigenvalue weighted by Gasteiger charge is 2.55. The largest absolute Gasteiger partial charge is 0.323 e. The Morgan fingerprint density at radius 3 is 2.41 bits per heavy atom. The Labute approximate surface area is 111 Å². The van der Waals surface area contributed by atoms with E-state index in [2.05, 4.69) is 11.7 Å². The number of halogens is 1. The molecule has 4 heteroatoms. The Morgan fingerprint density at radius 1 is 1.12 bits per heavy atom. The van der Waals surface area contributed by atoms with Crippen molar-refractivity contribution in [3.63, 3.8) is 0 Å². The third-order valence-electron chi connectivity index (χ3n) is 4.99. The normalized spacial score (nSPS) is 39.2. The van der Waals surface area contributed by atoms with Crippen LogP contribution < -0.4 is 0 Å². The van der Waals surface area contributed by atoms with Crippen molar-refractivity contribution >= 4 is 18.9 Å². The molecule has 98 valence electrons. The predicted molar refractivity (Wildman–Crippen MR) is 73.2 cm³/mol. The van der Waals surface area contributed by atoms with Gasteiger partial charge in [0.2, 0.25) is 7.65 Å². The molecule has 0 radical (unpaired) electrons. The van der Waals surface area contributed by atoms with Crippen LogP contribution in [0, 0.1) is 5.92 Å². The van der Waals surface area contributed by atoms with Crippen LogP contribution in [0.5, 0.6) is 0 Å². The first-order valence-corrected chi connectivity index (χ1v) is 9.22. The van der Waals surface area contributed by atoms with Crippen molar-refractivity contribution < 1.29 is 4.52 Å². The molecule has 2 atom stereocenters. The van der Waals surface area contributed by atoms with Gasteiger partial charge in [0.15, 0.2) is 0 Å². The van der Waals surface area contributed by atoms with Gasteiger partial charge in [0, 0.05) is 6.04 Å². The first kappa shape index (κ1) is 12.7. The Bertz CT molecular complexity index is 277. The monoisotopic (exact) mass is 275 g/mol. The van der Waals surface area contributed by atoms with Crippen molar-refractivity contribution in [2.24, 2.45) is 5.92 Å². The summed E-state index contributed by atoms with van der Waals surface area (Å²) in [4.78, 5) is 0. The molecule has 0 aromatic heterocycles. The van der Waals surface area contributed by atoms with Crippen LogP contribution in [0.25, 0.3) is 0 Å². The number of likely N-dealkylation sites (N-methyl/N-ethyl adjacent to an activating group) is 1. The lowest BCUT2D eigenvalue weighted by Crippen LogP contribution is -2.47. The average molecular weight is 276 g/mol. The molecule has 2 aliphatic carbocycles. The molecular weight excluding hydrogens is 253 g/mol. The average Bonchev–Trinajstić information content (AvgIpc) is 2.88. The number of nitrogens with zero attached hydrogens (tertiary/aromatic N) is 1. The van der Waals surface area contributed by atoms with Gasteiger partial charge in [0.05, 0.1) is 5.60 Å². The third-order valence-corrected chi connectivity index (χ3v) is 7.17. The second-order valence-corrected chi connectivity index (χ2v) is 8.14. The van der Waals surface area contributed by atoms with Crippen LogP contribution in [-0.4, -0.2) is 23.4 Å². The summed E-state index contributed by atoms with van der Waals surface area (Å²) in [5, 5.41) is 0. The van der Waals surface area contributed by atoms with E-state index in [4.69, 9.17) is 15.8 Å². The number of rotatable bonds is 1. The molecule has 1 unspecified atom stereocenters. The van der Waals surface area contributed by atoms with Crippen LogP contribution in [0.4, 0.5) is 0 Å². The van der Waals surface area contributed by atoms with Gasteiger partial charge in [-0.1, -0.05) is 32.1 Å². The van der Waals surface area contributed by atoms with Crippen molar-refractivity contribution in [2.75, 3.05) is 7.05 Å². The van der Waals surface area contributed by atoms with Gasteiger partial charge in [0.1, 0.15) is 0 Å². The molecule has 0 aromatic carbocycles. The highest BCUT2D eigenvalue weighted by atomic mass is 35.7. The van der Waals surface area contributed by atoms with Gasteiger partial charge >= 0.3 is 0 Å². The Morgan fingerprint density at radius 2 is 1.76 bits per heavy atom. The van der Waals surface area contributed by atoms with E-state index in [0.717, 1.165) is 5.92 Å². The van der Waals surface area contributed by atoms with E-state index in [9.17, 15) is 0 Å². The first-order chi connectivity index (χ1) is 8.23. The second kappa shape index (κ2) is 4.96. The number of hydrogen-bond acceptors (Lipinski definition) is 2. The predicted octanol–water partition coefficient (Wildman–Crippen LogP) is 4.68. The van der Waals surface area contributed by atoms with Gasteiger partial charge < -0.3 is 4.52 Å². The zero-order chi connectivity index (χ0) is 11.9. The lowest BCUT2D eigenvalue weighted by molar-refractivity contribution is 0.0338. The molecule has 0 N–H and O–H groups in total. The Balaban J connectivity index is 1.82. The fourth-order valence-corrected chi connectivity index (χ4v) is 6.26. The highest BCUT2D eigenvalue weighted by Crippen LogP contribution is 2.64. The minimum absolute atomic E-state index is 0.129. The van der Waals surface area contributed by atoms with Crippen LogP contribution in [0.2, 0.25) is 0 Å². The van der Waals surface area contributed by atoms with Gasteiger partial charge in [-0.05, 0) is 49.9 Å². The maximum absolute atomic E-state index is 6.41. The SMILES string of the molecule is CN1[C@@H](C2CCCCC2)C2(CCCC2)OP1Cl. The Kier molecular flexibility index (Phi) is 3.70. The molecular formula is C13H23ClNOP. The zero-order valence-corrected chi connectivity index (χ0v) is 12.3. The van der Waals surface area contributed by atoms with Crippen LogP contribution in [0.1, 0.15) is 57.8 Å². The molecule has 1 saturated heterocycles. The summed E-state index contributed by atoms with van der Waals surface area (Å²) in [5.41, 5.74) is 0.129. The minimum atomic E-state index is -0.844. The maximum atomic E-state index is 6.41. The van der Waals surface area contributed by atoms with Gasteiger partial charge in [-0.2, -0.15) is 0 Å². The van der Waals surface area contributed by atoms with E-state index in [1.165, 1.54) is 57.8 Å². The fraction of sp³-hybridized carbons (Fsp3) is 1.00. The van der Waals surface area contributed by atoms with E-state index in [1.54, 1.807) is 0 Å². The van der Waals surface area contributed by atoms with Crippen molar-refractivity contribution in [2.45, 2.75) is 69.4 Å². The quantitative estimate of drug-likeness (QED) is 0.645. The summed E-state index contributed by atoms with van der Waals surface area (Å²) in [7, 11) is 1.34. The topological polar surface area (TPSA) is 12.5 Å². The van der Waals surface area contributed by atoms with Crippen molar-refractivity contribution in [3.05, 3.63) is 0 Å². The standard InChI is InChI=1S/C13H23ClNOP/c1-15-12(11-7-3-2-4-8-11)13(16-17(15)14)9-5-6-10-13/h11-12H,2-10H2,1H3/t12-,17?/m0/s1. The molecule has 3 aliphatic rings. The van der Waals surface area contributed by atoms with E-state index in [-0.39, 0.29) is 5.60 Å². The summed E-state index contributed by atoms with van der Waals surface area (Å²) in [5.74, 6) is 0.832. The van der Waals surface area contributed by atoms with Crippen LogP contribution in [-0.2, 0) is 4.52 Å². The summed E-state index contributed by atoms with van der Waals surface area (Å²) in [6.45, 7) is 0. The second-order valence-electron chi connectivity index (χ2n) is 6.01. The minimum Gasteiger partial charge on any atom is -0.323 e. The van der Waals surface area contributed by atoms with Crippen molar-refractivity contribution in [1.29, 1.82) is 0 Å². The molecule has 1 aliphatic heterocycles. The Hall–Kier alpha value is 0.640. The molecule has 1 heterocycles. The highest BCUT2D eigenvalue weighted by molar-refractivity contribution is 7.78. The van der Waals surface area contributed by atoms with Crippen LogP contribution in [0.3, 0.4) is 0 Å². The molecule has 3 fully saturated rings. The van der Waals surface area contributed by atoms with Crippen molar-refractivity contribution in [1.82, 2.24) is 4.67 Å². The van der Waals surface area contributed by atoms with Gasteiger partial charge in [0.25, 0.3) is 0 Å². The smallest absolute Gasteiger partial charge is 0.207 e. The van der Waals surface area contributed by atoms with E-state index in [1.807, 2.05) is 0 Å².